The van der Waals surface area contributed by atoms with Crippen molar-refractivity contribution in [1.82, 2.24) is 4.98 Å². The minimum absolute atomic E-state index is 0.247. The smallest absolute Gasteiger partial charge is 0.265 e. The van der Waals surface area contributed by atoms with E-state index in [0.29, 0.717) is 39.2 Å². The number of aromatic amines is 1. The molecule has 0 saturated heterocycles. The van der Waals surface area contributed by atoms with E-state index < -0.39 is 0 Å². The van der Waals surface area contributed by atoms with Crippen LogP contribution in [0.5, 0.6) is 0 Å². The number of hydrogen-bond acceptors (Lipinski definition) is 3. The van der Waals surface area contributed by atoms with Crippen molar-refractivity contribution >= 4 is 46.1 Å². The number of carbonyl (C=O) groups is 2. The molecule has 0 saturated carbocycles. The highest BCUT2D eigenvalue weighted by atomic mass is 16.2. The number of pyridine rings is 1. The lowest BCUT2D eigenvalue weighted by Gasteiger charge is -2.09. The highest BCUT2D eigenvalue weighted by molar-refractivity contribution is 6.34. The Labute approximate surface area is 125 Å². The Morgan fingerprint density at radius 3 is 2.41 bits per heavy atom. The molecule has 0 radical (unpaired) electrons. The molecule has 2 aromatic carbocycles. The van der Waals surface area contributed by atoms with Crippen molar-refractivity contribution in [2.24, 2.45) is 0 Å². The van der Waals surface area contributed by atoms with Crippen LogP contribution in [-0.4, -0.2) is 17.3 Å². The summed E-state index contributed by atoms with van der Waals surface area (Å²) in [5, 5.41) is 3.11. The summed E-state index contributed by atoms with van der Waals surface area (Å²) in [5.41, 5.74) is 0.710. The Balaban J connectivity index is 0.000000693. The number of carbonyl (C=O) groups excluding carboxylic acids is 2. The lowest BCUT2D eigenvalue weighted by molar-refractivity contribution is -0.106. The second kappa shape index (κ2) is 4.80. The molecule has 2 amide bonds. The number of hydrogen-bond donors (Lipinski definition) is 1. The molecular formula is C17H14N2O3. The fraction of sp³-hybridized carbons (Fsp3) is 0.118. The first-order valence-corrected chi connectivity index (χ1v) is 7.02. The monoisotopic (exact) mass is 294 g/mol. The number of imide groups is 1. The molecule has 0 spiro atoms. The summed E-state index contributed by atoms with van der Waals surface area (Å²) in [4.78, 5) is 39.1. The number of nitrogens with one attached hydrogen (secondary N) is 1. The number of benzene rings is 2. The third-order valence-electron chi connectivity index (χ3n) is 3.79. The van der Waals surface area contributed by atoms with E-state index in [-0.39, 0.29) is 11.5 Å². The minimum atomic E-state index is -0.365. The summed E-state index contributed by atoms with van der Waals surface area (Å²) in [5.74, 6) is -0.365. The number of amides is 2. The van der Waals surface area contributed by atoms with Gasteiger partial charge in [-0.2, -0.15) is 0 Å². The number of nitrogens with zero attached hydrogens (tertiary/aromatic N) is 1. The van der Waals surface area contributed by atoms with E-state index in [1.54, 1.807) is 24.3 Å². The Hall–Kier alpha value is -2.95. The summed E-state index contributed by atoms with van der Waals surface area (Å²) >= 11 is 0. The number of anilines is 1. The van der Waals surface area contributed by atoms with Crippen LogP contribution in [-0.2, 0) is 4.79 Å². The predicted molar refractivity (Wildman–Crippen MR) is 87.0 cm³/mol. The average molecular weight is 294 g/mol. The zero-order chi connectivity index (χ0) is 16.0. The van der Waals surface area contributed by atoms with E-state index in [9.17, 15) is 14.4 Å². The van der Waals surface area contributed by atoms with Gasteiger partial charge in [-0.3, -0.25) is 14.4 Å². The minimum Gasteiger partial charge on any atom is -0.322 e. The van der Waals surface area contributed by atoms with Crippen LogP contribution >= 0.6 is 0 Å². The molecule has 110 valence electrons. The summed E-state index contributed by atoms with van der Waals surface area (Å²) in [6.07, 6.45) is 0.497. The van der Waals surface area contributed by atoms with Gasteiger partial charge in [0.05, 0.1) is 11.3 Å². The maximum Gasteiger partial charge on any atom is 0.265 e. The average Bonchev–Trinajstić information content (AvgIpc) is 2.82. The van der Waals surface area contributed by atoms with Crippen LogP contribution in [0.25, 0.3) is 28.1 Å². The number of aromatic nitrogens is 1. The first-order chi connectivity index (χ1) is 10.6. The normalized spacial score (nSPS) is 12.6. The molecule has 1 aliphatic rings. The molecule has 22 heavy (non-hydrogen) atoms. The van der Waals surface area contributed by atoms with E-state index in [4.69, 9.17) is 0 Å². The van der Waals surface area contributed by atoms with Crippen LogP contribution in [0, 0.1) is 0 Å². The lowest BCUT2D eigenvalue weighted by Crippen LogP contribution is -2.24. The lowest BCUT2D eigenvalue weighted by atomic mass is 9.98. The Morgan fingerprint density at radius 1 is 1.05 bits per heavy atom. The van der Waals surface area contributed by atoms with Gasteiger partial charge in [0.25, 0.3) is 11.5 Å². The molecule has 0 unspecified atom stereocenters. The molecule has 3 aromatic rings. The molecule has 4 rings (SSSR count). The van der Waals surface area contributed by atoms with Crippen molar-refractivity contribution in [2.45, 2.75) is 13.8 Å². The Kier molecular flexibility index (Phi) is 3.06. The van der Waals surface area contributed by atoms with Gasteiger partial charge >= 0.3 is 0 Å². The Morgan fingerprint density at radius 2 is 1.73 bits per heavy atom. The van der Waals surface area contributed by atoms with Crippen LogP contribution in [0.3, 0.4) is 0 Å². The van der Waals surface area contributed by atoms with Crippen molar-refractivity contribution < 1.29 is 9.59 Å². The van der Waals surface area contributed by atoms with Crippen LogP contribution in [0.4, 0.5) is 5.69 Å². The van der Waals surface area contributed by atoms with Crippen molar-refractivity contribution in [3.63, 3.8) is 0 Å². The van der Waals surface area contributed by atoms with Gasteiger partial charge < -0.3 is 4.98 Å². The maximum atomic E-state index is 12.2. The first-order valence-electron chi connectivity index (χ1n) is 7.02. The zero-order valence-electron chi connectivity index (χ0n) is 12.3. The molecular weight excluding hydrogens is 280 g/mol. The third kappa shape index (κ3) is 1.56. The van der Waals surface area contributed by atoms with Crippen molar-refractivity contribution in [3.8, 4) is 0 Å². The van der Waals surface area contributed by atoms with E-state index in [2.05, 4.69) is 11.6 Å². The van der Waals surface area contributed by atoms with E-state index >= 15 is 0 Å². The standard InChI is InChI=1S/C15H8N2O3.C2H6/c1-7-8-2-3-10-13-11(17(6-18)15(10)20)5-4-9(12(8)13)14(19)16-7;1-2/h2-6H,1H2,(H,16,19);1-2H3. The second-order valence-corrected chi connectivity index (χ2v) is 4.76. The van der Waals surface area contributed by atoms with Gasteiger partial charge in [-0.25, -0.2) is 4.90 Å². The maximum absolute atomic E-state index is 12.2. The molecule has 5 heteroatoms. The topological polar surface area (TPSA) is 70.2 Å². The quantitative estimate of drug-likeness (QED) is 0.697. The van der Waals surface area contributed by atoms with Crippen LogP contribution < -0.4 is 15.8 Å². The van der Waals surface area contributed by atoms with Gasteiger partial charge in [-0.15, -0.1) is 0 Å². The van der Waals surface area contributed by atoms with Crippen LogP contribution in [0.15, 0.2) is 29.1 Å². The SMILES string of the molecule is C=c1[nH]c(=O)c2ccc3c4c(ccc1c42)C(=O)N3C=O.CC. The summed E-state index contributed by atoms with van der Waals surface area (Å²) in [6, 6.07) is 6.66. The van der Waals surface area contributed by atoms with Gasteiger partial charge in [0.15, 0.2) is 0 Å². The molecule has 0 atom stereocenters. The highest BCUT2D eigenvalue weighted by Gasteiger charge is 2.30. The first kappa shape index (κ1) is 14.0. The van der Waals surface area contributed by atoms with Gasteiger partial charge in [0, 0.05) is 26.9 Å². The number of H-pyrrole nitrogens is 1. The highest BCUT2D eigenvalue weighted by Crippen LogP contribution is 2.39. The fourth-order valence-corrected chi connectivity index (χ4v) is 2.91. The largest absolute Gasteiger partial charge is 0.322 e. The second-order valence-electron chi connectivity index (χ2n) is 4.76. The molecule has 0 fully saturated rings. The van der Waals surface area contributed by atoms with Gasteiger partial charge in [0.1, 0.15) is 0 Å². The van der Waals surface area contributed by atoms with Crippen molar-refractivity contribution in [1.29, 1.82) is 0 Å². The molecule has 1 aliphatic heterocycles. The van der Waals surface area contributed by atoms with Crippen LogP contribution in [0.1, 0.15) is 24.2 Å². The summed E-state index contributed by atoms with van der Waals surface area (Å²) < 4.78 is 0. The molecule has 0 bridgehead atoms. The molecule has 5 nitrogen and oxygen atoms in total. The van der Waals surface area contributed by atoms with E-state index in [1.807, 2.05) is 13.8 Å². The zero-order valence-corrected chi connectivity index (χ0v) is 12.3. The molecule has 1 aromatic heterocycles. The van der Waals surface area contributed by atoms with Crippen molar-refractivity contribution in [3.05, 3.63) is 45.5 Å². The predicted octanol–water partition coefficient (Wildman–Crippen LogP) is 1.95. The molecule has 2 heterocycles. The van der Waals surface area contributed by atoms with Gasteiger partial charge in [-0.05, 0) is 18.2 Å². The molecule has 0 aliphatic carbocycles. The molecule has 1 N–H and O–H groups in total. The Bertz CT molecular complexity index is 1000. The van der Waals surface area contributed by atoms with E-state index in [0.717, 1.165) is 10.3 Å². The summed E-state index contributed by atoms with van der Waals surface area (Å²) in [7, 11) is 0. The number of rotatable bonds is 1. The van der Waals surface area contributed by atoms with Crippen LogP contribution in [0.2, 0.25) is 0 Å². The van der Waals surface area contributed by atoms with Gasteiger partial charge in [0.2, 0.25) is 6.41 Å². The fourth-order valence-electron chi connectivity index (χ4n) is 2.91. The van der Waals surface area contributed by atoms with Crippen molar-refractivity contribution in [2.75, 3.05) is 4.90 Å². The third-order valence-corrected chi connectivity index (χ3v) is 3.79. The van der Waals surface area contributed by atoms with Gasteiger partial charge in [-0.1, -0.05) is 26.5 Å². The van der Waals surface area contributed by atoms with E-state index in [1.165, 1.54) is 0 Å². The summed E-state index contributed by atoms with van der Waals surface area (Å²) in [6.45, 7) is 7.83.